The molecule has 569 valence electrons. The molecule has 0 aromatic heterocycles. The summed E-state index contributed by atoms with van der Waals surface area (Å²) in [5, 5.41) is 19.9. The molecule has 0 fully saturated rings. The molecule has 6 aliphatic heterocycles. The zero-order valence-electron chi connectivity index (χ0n) is 63.7. The van der Waals surface area contributed by atoms with Crippen molar-refractivity contribution in [2.24, 2.45) is 17.8 Å². The fourth-order valence-corrected chi connectivity index (χ4v) is 17.4. The SMILES string of the molecule is CCOC(=O)C1=C[C@H](c2ccccc2)C2=C(C[C@@H](C)[C@]3(Oc4c(Cl)c(OC)cc(OC)c4C3=O)C2=O)N1.CCOC(=O)[C@@H]1C[C@H](c2ccccc2)C2=C(C[C@@H](C)[C@]3(Oc4c(Cl)c(OC)cc(OC)c4C3=O)C2=O)N1.COc1cc(OC)c2c(c1Cl)O[C@@]1(C(=O)C3=C(C[C@H]1C)N[C@H](CO)C[C@@H]3c1ccccc1)C2=O.[B].[H-].[Na+]. The number of dihydropyridines is 1. The van der Waals surface area contributed by atoms with Gasteiger partial charge in [0.25, 0.3) is 0 Å². The van der Waals surface area contributed by atoms with Crippen LogP contribution < -0.4 is 88.1 Å². The van der Waals surface area contributed by atoms with E-state index in [0.717, 1.165) is 22.4 Å². The third-order valence-corrected chi connectivity index (χ3v) is 22.9. The van der Waals surface area contributed by atoms with Crippen LogP contribution in [0.15, 0.2) is 155 Å². The van der Waals surface area contributed by atoms with Gasteiger partial charge in [-0.05, 0) is 68.7 Å². The van der Waals surface area contributed by atoms with Gasteiger partial charge < -0.3 is 74.6 Å². The summed E-state index contributed by atoms with van der Waals surface area (Å²) in [5.41, 5.74) is 1.13. The summed E-state index contributed by atoms with van der Waals surface area (Å²) < 4.78 is 61.7. The Labute approximate surface area is 676 Å². The minimum absolute atomic E-state index is 0. The topological polar surface area (TPSA) is 294 Å². The molecule has 6 aromatic rings. The van der Waals surface area contributed by atoms with Crippen LogP contribution >= 0.6 is 34.8 Å². The number of rotatable bonds is 14. The minimum atomic E-state index is -1.84. The Hall–Kier alpha value is -9.27. The van der Waals surface area contributed by atoms with Gasteiger partial charge in [-0.3, -0.25) is 28.8 Å². The van der Waals surface area contributed by atoms with Crippen LogP contribution in [0.2, 0.25) is 15.1 Å². The number of allylic oxidation sites excluding steroid dienone is 4. The number of nitrogens with one attached hydrogen (secondary N) is 3. The van der Waals surface area contributed by atoms with Gasteiger partial charge in [0, 0.05) is 102 Å². The maximum absolute atomic E-state index is 14.4. The molecule has 3 spiro atoms. The van der Waals surface area contributed by atoms with Crippen molar-refractivity contribution in [2.75, 3.05) is 62.5 Å². The molecule has 6 heterocycles. The molecule has 23 nitrogen and oxygen atoms in total. The van der Waals surface area contributed by atoms with Gasteiger partial charge in [-0.1, -0.05) is 147 Å². The quantitative estimate of drug-likeness (QED) is 0.0449. The number of Topliss-reactive ketones (excluding diaryl/α,β-unsaturated/α-hetero) is 6. The van der Waals surface area contributed by atoms with Gasteiger partial charge in [-0.15, -0.1) is 0 Å². The van der Waals surface area contributed by atoms with Crippen LogP contribution in [0.3, 0.4) is 0 Å². The van der Waals surface area contributed by atoms with Crippen LogP contribution in [0.25, 0.3) is 0 Å². The van der Waals surface area contributed by atoms with E-state index in [1.165, 1.54) is 60.9 Å². The van der Waals surface area contributed by atoms with Crippen molar-refractivity contribution in [2.45, 2.75) is 113 Å². The van der Waals surface area contributed by atoms with Crippen molar-refractivity contribution in [1.82, 2.24) is 16.0 Å². The molecule has 4 N–H and O–H groups in total. The summed E-state index contributed by atoms with van der Waals surface area (Å²) >= 11 is 19.6. The Morgan fingerprint density at radius 2 is 0.845 bits per heavy atom. The van der Waals surface area contributed by atoms with Gasteiger partial charge in [0.05, 0.1) is 62.5 Å². The number of ketones is 6. The first-order valence-electron chi connectivity index (χ1n) is 35.4. The van der Waals surface area contributed by atoms with E-state index in [1.807, 2.05) is 97.9 Å². The minimum Gasteiger partial charge on any atom is -1.00 e. The molecule has 9 aliphatic rings. The van der Waals surface area contributed by atoms with Crippen LogP contribution in [0.4, 0.5) is 0 Å². The third kappa shape index (κ3) is 13.2. The summed E-state index contributed by atoms with van der Waals surface area (Å²) in [4.78, 5) is 111. The summed E-state index contributed by atoms with van der Waals surface area (Å²) in [7, 11) is 8.65. The zero-order valence-corrected chi connectivity index (χ0v) is 66.9. The smallest absolute Gasteiger partial charge is 1.00 e. The molecule has 110 heavy (non-hydrogen) atoms. The Bertz CT molecular complexity index is 4770. The first-order chi connectivity index (χ1) is 51.9. The Kier molecular flexibility index (Phi) is 24.2. The number of carbonyl (C=O) groups is 8. The van der Waals surface area contributed by atoms with Crippen molar-refractivity contribution >= 4 is 89.9 Å². The number of benzene rings is 6. The van der Waals surface area contributed by atoms with E-state index in [-0.39, 0.29) is 173 Å². The number of hydrogen-bond acceptors (Lipinski definition) is 23. The number of methoxy groups -OCH3 is 6. The fraction of sp³-hybridized carbons (Fsp3) is 0.366. The van der Waals surface area contributed by atoms with E-state index in [2.05, 4.69) is 16.0 Å². The van der Waals surface area contributed by atoms with E-state index in [1.54, 1.807) is 33.8 Å². The van der Waals surface area contributed by atoms with Crippen molar-refractivity contribution in [3.8, 4) is 51.7 Å². The molecule has 0 saturated carbocycles. The van der Waals surface area contributed by atoms with Crippen molar-refractivity contribution in [3.63, 3.8) is 0 Å². The van der Waals surface area contributed by atoms with Gasteiger partial charge in [0.1, 0.15) is 78.0 Å². The predicted molar refractivity (Wildman–Crippen MR) is 403 cm³/mol. The number of fused-ring (bicyclic) bond motifs is 3. The standard InChI is InChI=1S/C28H28ClNO7.C28H26ClNO7.C26H26ClNO6.B.Na.H/c2*1-5-36-27(33)18-12-16(15-9-7-6-8-10-15)21-17(30-18)11-14(2)28(25(21)31)26(32)22-19(34-3)13-20(35-4)23(29)24(22)37-28;1-13-9-17-20(16(10-15(12-29)28-17)14-7-5-4-6-8-14)24(30)26(13)25(31)21-18(32-2)11-19(33-3)22(27)23(21)34-26;;;/h6-10,13-14,16,18,30H,5,11-12H2,1-4H3;6-10,12-14,16,30H,5,11H2,1-4H3;4-8,11,13,15-16,28-29H,9-10,12H2,1-3H3;;;/q;;;;+1;-1/t14-,16-,18+,28+;14-,16-,28+;13-,15+,16-,26+;;;/m111.../s1. The molecule has 3 radical (unpaired) electrons. The molecule has 0 saturated heterocycles. The Balaban J connectivity index is 0.000000175. The normalized spacial score (nSPS) is 25.5. The van der Waals surface area contributed by atoms with E-state index >= 15 is 0 Å². The molecule has 0 bridgehead atoms. The second-order valence-electron chi connectivity index (χ2n) is 27.6. The maximum atomic E-state index is 14.4. The Morgan fingerprint density at radius 1 is 0.491 bits per heavy atom. The van der Waals surface area contributed by atoms with Crippen LogP contribution in [-0.4, -0.2) is 152 Å². The largest absolute Gasteiger partial charge is 1.00 e. The molecule has 0 unspecified atom stereocenters. The van der Waals surface area contributed by atoms with Crippen molar-refractivity contribution in [3.05, 3.63) is 203 Å². The number of carbonyl (C=O) groups excluding carboxylic acids is 8. The second-order valence-corrected chi connectivity index (χ2v) is 28.7. The van der Waals surface area contributed by atoms with Gasteiger partial charge in [0.15, 0.2) is 17.2 Å². The number of aliphatic hydroxyl groups excluding tert-OH is 1. The number of ether oxygens (including phenoxy) is 11. The fourth-order valence-electron chi connectivity index (χ4n) is 16.6. The number of halogens is 3. The first kappa shape index (κ1) is 81.7. The maximum Gasteiger partial charge on any atom is 1.00 e. The molecule has 0 amide bonds. The van der Waals surface area contributed by atoms with E-state index in [0.29, 0.717) is 59.5 Å². The molecule has 6 aromatic carbocycles. The van der Waals surface area contributed by atoms with Crippen LogP contribution in [0.5, 0.6) is 51.7 Å². The summed E-state index contributed by atoms with van der Waals surface area (Å²) in [6.45, 7) is 9.28. The Morgan fingerprint density at radius 3 is 1.22 bits per heavy atom. The van der Waals surface area contributed by atoms with Gasteiger partial charge in [-0.25, -0.2) is 9.59 Å². The summed E-state index contributed by atoms with van der Waals surface area (Å²) in [6, 6.07) is 32.2. The average molecular weight is 1570 g/mol. The van der Waals surface area contributed by atoms with Crippen LogP contribution in [-0.2, 0) is 33.4 Å². The second kappa shape index (κ2) is 32.6. The molecular weight excluding hydrogens is 1490 g/mol. The van der Waals surface area contributed by atoms with E-state index < -0.39 is 87.3 Å². The zero-order chi connectivity index (χ0) is 77.2. The number of aliphatic hydroxyl groups is 1. The van der Waals surface area contributed by atoms with Crippen LogP contribution in [0.1, 0.15) is 134 Å². The van der Waals surface area contributed by atoms with Gasteiger partial charge in [-0.2, -0.15) is 0 Å². The first-order valence-corrected chi connectivity index (χ1v) is 36.6. The molecule has 15 rings (SSSR count). The van der Waals surface area contributed by atoms with Gasteiger partial charge in [0.2, 0.25) is 51.5 Å². The molecular formula is C82H81BCl3N3NaO20. The van der Waals surface area contributed by atoms with Crippen molar-refractivity contribution < 1.29 is 127 Å². The van der Waals surface area contributed by atoms with Gasteiger partial charge >= 0.3 is 41.5 Å². The number of esters is 2. The predicted octanol–water partition coefficient (Wildman–Crippen LogP) is 9.02. The summed E-state index contributed by atoms with van der Waals surface area (Å²) in [6.07, 6.45) is 3.50. The molecule has 11 atom stereocenters. The molecule has 3 aliphatic carbocycles. The van der Waals surface area contributed by atoms with E-state index in [9.17, 15) is 43.5 Å². The average Bonchev–Trinajstić information content (AvgIpc) is 1.57. The third-order valence-electron chi connectivity index (χ3n) is 21.8. The van der Waals surface area contributed by atoms with Crippen molar-refractivity contribution in [1.29, 1.82) is 0 Å². The monoisotopic (exact) mass is 1570 g/mol. The van der Waals surface area contributed by atoms with Crippen LogP contribution in [0, 0.1) is 17.8 Å². The summed E-state index contributed by atoms with van der Waals surface area (Å²) in [5.74, 6) is -4.82. The number of hydrogen-bond donors (Lipinski definition) is 4. The van der Waals surface area contributed by atoms with E-state index in [4.69, 9.17) is 86.9 Å². The molecule has 28 heteroatoms.